The van der Waals surface area contributed by atoms with Crippen LogP contribution in [0.25, 0.3) is 88.0 Å². The summed E-state index contributed by atoms with van der Waals surface area (Å²) < 4.78 is 254. The van der Waals surface area contributed by atoms with Gasteiger partial charge in [-0.3, -0.25) is 0 Å². The van der Waals surface area contributed by atoms with Crippen LogP contribution in [0.5, 0.6) is 0 Å². The largest absolute Gasteiger partial charge is 0.455 e. The van der Waals surface area contributed by atoms with Gasteiger partial charge in [-0.1, -0.05) is 157 Å². The van der Waals surface area contributed by atoms with Crippen molar-refractivity contribution in [2.24, 2.45) is 0 Å². The molecule has 0 fully saturated rings. The standard InChI is InChI=1S/C44H28O/c1-3-12-29(13-4-1)33-26-27-35-40-21-11-20-34(44(40)45-41(35)28-33)30-22-24-32(25-23-30)43-38-18-9-7-16-36(38)42(31-14-5-2-6-15-31)37-17-8-10-19-39(37)43/h1-28H/i1D,2D,3D,4D,5D,6D,7D,8D,9D,10D,11D,12D,13D,14D,15D,16D,17D,18D,19D,20D,21D,22D,23D,24D,25D,26D,27D,28D. The SMILES string of the molecule is [2H]c1c([2H])c([2H])c(-c2c([2H])c([2H])c3c(oc4c(-c5c([2H])c([2H])c(-c6c7c([2H])c([2H])c([2H])c([2H])c7c(-c7c([2H])c([2H])c([2H])c([2H])c7[2H])c7c([2H])c([2H])c([2H])c([2H])c67)c([2H])c5[2H])c([2H])c([2H])c([2H])c43)c2[2H])c([2H])c1[2H]. The lowest BCUT2D eigenvalue weighted by Crippen LogP contribution is -1.90. The number of para-hydroxylation sites is 1. The molecule has 0 aliphatic carbocycles. The van der Waals surface area contributed by atoms with Gasteiger partial charge in [-0.15, -0.1) is 0 Å². The van der Waals surface area contributed by atoms with E-state index in [1.807, 2.05) is 0 Å². The third kappa shape index (κ3) is 4.17. The Morgan fingerprint density at radius 2 is 0.800 bits per heavy atom. The lowest BCUT2D eigenvalue weighted by molar-refractivity contribution is 0.670. The van der Waals surface area contributed by atoms with E-state index in [-0.39, 0.29) is 0 Å². The zero-order chi connectivity index (χ0) is 54.1. The van der Waals surface area contributed by atoms with Gasteiger partial charge in [0, 0.05) is 16.3 Å². The van der Waals surface area contributed by atoms with E-state index in [1.165, 1.54) is 0 Å². The normalized spacial score (nSPS) is 20.3. The number of hydrogen-bond donors (Lipinski definition) is 0. The molecule has 45 heavy (non-hydrogen) atoms. The summed E-state index contributed by atoms with van der Waals surface area (Å²) >= 11 is 0. The van der Waals surface area contributed by atoms with Crippen molar-refractivity contribution in [1.82, 2.24) is 0 Å². The van der Waals surface area contributed by atoms with Crippen LogP contribution in [0.2, 0.25) is 0 Å². The third-order valence-electron chi connectivity index (χ3n) is 7.06. The molecular formula is C44H28O. The molecule has 9 rings (SSSR count). The van der Waals surface area contributed by atoms with Gasteiger partial charge in [-0.25, -0.2) is 0 Å². The second-order valence-electron chi connectivity index (χ2n) is 9.51. The van der Waals surface area contributed by atoms with E-state index in [4.69, 9.17) is 31.8 Å². The molecule has 0 saturated carbocycles. The van der Waals surface area contributed by atoms with E-state index in [1.54, 1.807) is 0 Å². The molecule has 1 aromatic heterocycles. The molecule has 0 radical (unpaired) electrons. The molecule has 0 aliphatic rings. The highest BCUT2D eigenvalue weighted by atomic mass is 16.3. The second-order valence-corrected chi connectivity index (χ2v) is 9.51. The minimum absolute atomic E-state index is 0.506. The molecular weight excluding hydrogens is 544 g/mol. The highest BCUT2D eigenvalue weighted by Gasteiger charge is 2.17. The predicted molar refractivity (Wildman–Crippen MR) is 190 cm³/mol. The maximum Gasteiger partial charge on any atom is 0.143 e. The van der Waals surface area contributed by atoms with Crippen LogP contribution >= 0.6 is 0 Å². The minimum atomic E-state index is -1.10. The fraction of sp³-hybridized carbons (Fsp3) is 0. The quantitative estimate of drug-likeness (QED) is 0.183. The average Bonchev–Trinajstić information content (AvgIpc) is 3.77. The Morgan fingerprint density at radius 3 is 1.40 bits per heavy atom. The van der Waals surface area contributed by atoms with Crippen molar-refractivity contribution < 1.29 is 42.8 Å². The van der Waals surface area contributed by atoms with Crippen molar-refractivity contribution in [3.63, 3.8) is 0 Å². The van der Waals surface area contributed by atoms with Crippen molar-refractivity contribution in [2.45, 2.75) is 0 Å². The van der Waals surface area contributed by atoms with Crippen molar-refractivity contribution in [1.29, 1.82) is 0 Å². The molecule has 0 aliphatic heterocycles. The van der Waals surface area contributed by atoms with E-state index < -0.39 is 257 Å². The molecule has 0 saturated heterocycles. The van der Waals surface area contributed by atoms with Gasteiger partial charge in [0.2, 0.25) is 0 Å². The highest BCUT2D eigenvalue weighted by molar-refractivity contribution is 6.21. The van der Waals surface area contributed by atoms with E-state index >= 15 is 0 Å². The highest BCUT2D eigenvalue weighted by Crippen LogP contribution is 2.44. The second kappa shape index (κ2) is 10.4. The first kappa shape index (κ1) is 10.1. The smallest absolute Gasteiger partial charge is 0.143 e. The zero-order valence-corrected chi connectivity index (χ0v) is 22.4. The van der Waals surface area contributed by atoms with Crippen molar-refractivity contribution >= 4 is 43.5 Å². The molecule has 1 heterocycles. The van der Waals surface area contributed by atoms with Gasteiger partial charge in [-0.05, 0) is 72.6 Å². The van der Waals surface area contributed by atoms with Crippen LogP contribution in [0.1, 0.15) is 38.4 Å². The van der Waals surface area contributed by atoms with E-state index in [0.717, 1.165) is 0 Å². The summed E-state index contributed by atoms with van der Waals surface area (Å²) in [6.45, 7) is 0. The number of furan rings is 1. The molecule has 0 atom stereocenters. The monoisotopic (exact) mass is 600 g/mol. The summed E-state index contributed by atoms with van der Waals surface area (Å²) in [7, 11) is 0. The van der Waals surface area contributed by atoms with Gasteiger partial charge in [0.1, 0.15) is 11.2 Å². The average molecular weight is 601 g/mol. The van der Waals surface area contributed by atoms with Crippen LogP contribution in [-0.4, -0.2) is 0 Å². The van der Waals surface area contributed by atoms with Gasteiger partial charge >= 0.3 is 0 Å². The topological polar surface area (TPSA) is 13.1 Å². The number of hydrogen-bond acceptors (Lipinski definition) is 1. The summed E-state index contributed by atoms with van der Waals surface area (Å²) in [5.74, 6) is 0. The lowest BCUT2D eigenvalue weighted by Gasteiger charge is -2.18. The molecule has 1 heteroatoms. The minimum Gasteiger partial charge on any atom is -0.455 e. The molecule has 0 N–H and O–H groups in total. The Hall–Kier alpha value is -5.92. The molecule has 1 nitrogen and oxygen atoms in total. The third-order valence-corrected chi connectivity index (χ3v) is 7.06. The molecule has 0 spiro atoms. The first-order valence-corrected chi connectivity index (χ1v) is 13.2. The summed E-state index contributed by atoms with van der Waals surface area (Å²) in [6, 6.07) is -26.1. The van der Waals surface area contributed by atoms with Crippen LogP contribution in [0.3, 0.4) is 0 Å². The molecule has 210 valence electrons. The summed E-state index contributed by atoms with van der Waals surface area (Å²) in [4.78, 5) is 0. The fourth-order valence-corrected chi connectivity index (χ4v) is 5.16. The van der Waals surface area contributed by atoms with Gasteiger partial charge in [0.15, 0.2) is 0 Å². The molecule has 0 unspecified atom stereocenters. The summed E-state index contributed by atoms with van der Waals surface area (Å²) in [5, 5.41) is -3.88. The Balaban J connectivity index is 1.48. The number of rotatable bonds is 4. The molecule has 9 aromatic rings. The van der Waals surface area contributed by atoms with Crippen molar-refractivity contribution in [3.05, 3.63) is 169 Å². The Kier molecular flexibility index (Phi) is 2.32. The molecule has 8 aromatic carbocycles. The molecule has 0 bridgehead atoms. The van der Waals surface area contributed by atoms with E-state index in [0.29, 0.717) is 0 Å². The summed E-state index contributed by atoms with van der Waals surface area (Å²) in [6.07, 6.45) is 0. The Labute approximate surface area is 301 Å². The zero-order valence-electron chi connectivity index (χ0n) is 50.4. The van der Waals surface area contributed by atoms with Crippen LogP contribution < -0.4 is 0 Å². The lowest BCUT2D eigenvalue weighted by atomic mass is 9.85. The molecule has 0 amide bonds. The number of fused-ring (bicyclic) bond motifs is 5. The van der Waals surface area contributed by atoms with E-state index in [9.17, 15) is 11.0 Å². The van der Waals surface area contributed by atoms with Gasteiger partial charge in [0.25, 0.3) is 0 Å². The maximum absolute atomic E-state index is 9.56. The van der Waals surface area contributed by atoms with Crippen LogP contribution in [0, 0.1) is 0 Å². The maximum atomic E-state index is 9.56. The van der Waals surface area contributed by atoms with Crippen molar-refractivity contribution in [2.75, 3.05) is 0 Å². The number of benzene rings is 8. The first-order valence-electron chi connectivity index (χ1n) is 27.2. The Bertz CT molecular complexity index is 3950. The predicted octanol–water partition coefficient (Wildman–Crippen LogP) is 12.6. The van der Waals surface area contributed by atoms with Crippen LogP contribution in [-0.2, 0) is 0 Å². The van der Waals surface area contributed by atoms with Gasteiger partial charge in [0.05, 0.1) is 38.4 Å². The van der Waals surface area contributed by atoms with E-state index in [2.05, 4.69) is 0 Å². The van der Waals surface area contributed by atoms with Crippen LogP contribution in [0.15, 0.2) is 174 Å². The Morgan fingerprint density at radius 1 is 0.333 bits per heavy atom. The van der Waals surface area contributed by atoms with Crippen molar-refractivity contribution in [3.8, 4) is 44.5 Å². The van der Waals surface area contributed by atoms with Crippen LogP contribution in [0.4, 0.5) is 0 Å². The summed E-state index contributed by atoms with van der Waals surface area (Å²) in [5.41, 5.74) is -7.26. The van der Waals surface area contributed by atoms with Gasteiger partial charge in [-0.2, -0.15) is 0 Å². The fourth-order valence-electron chi connectivity index (χ4n) is 5.16. The first-order chi connectivity index (χ1) is 34.0. The van der Waals surface area contributed by atoms with Gasteiger partial charge < -0.3 is 4.42 Å².